The molecule has 1 saturated heterocycles. The topological polar surface area (TPSA) is 74.7 Å². The molecule has 0 bridgehead atoms. The van der Waals surface area contributed by atoms with Gasteiger partial charge in [-0.2, -0.15) is 4.31 Å². The molecule has 0 amide bonds. The summed E-state index contributed by atoms with van der Waals surface area (Å²) < 4.78 is 27.4. The van der Waals surface area contributed by atoms with Crippen LogP contribution in [0, 0.1) is 3.57 Å². The Balaban J connectivity index is 2.34. The Labute approximate surface area is 138 Å². The summed E-state index contributed by atoms with van der Waals surface area (Å²) >= 11 is 1.90. The first-order chi connectivity index (χ1) is 9.93. The zero-order chi connectivity index (χ0) is 15.5. The molecule has 5 nitrogen and oxygen atoms in total. The van der Waals surface area contributed by atoms with Gasteiger partial charge in [0.25, 0.3) is 0 Å². The molecule has 2 rings (SSSR count). The van der Waals surface area contributed by atoms with Crippen LogP contribution in [-0.2, 0) is 10.0 Å². The van der Waals surface area contributed by atoms with Crippen molar-refractivity contribution in [3.8, 4) is 0 Å². The van der Waals surface area contributed by atoms with Crippen LogP contribution in [0.1, 0.15) is 42.5 Å². The maximum atomic E-state index is 12.7. The van der Waals surface area contributed by atoms with Gasteiger partial charge in [-0.3, -0.25) is 0 Å². The molecule has 1 fully saturated rings. The standard InChI is InChI=1S/C14H18INO4S/c15-13-7-6-11(10-12(13)14(17)18)21(19,20)16-8-4-2-1-3-5-9-16/h6-7,10H,1-5,8-9H2,(H,17,18). The molecule has 116 valence electrons. The molecule has 21 heavy (non-hydrogen) atoms. The van der Waals surface area contributed by atoms with Gasteiger partial charge in [0.15, 0.2) is 0 Å². The van der Waals surface area contributed by atoms with Crippen LogP contribution in [0.3, 0.4) is 0 Å². The molecule has 1 N–H and O–H groups in total. The zero-order valence-electron chi connectivity index (χ0n) is 11.6. The van der Waals surface area contributed by atoms with Crippen molar-refractivity contribution in [3.05, 3.63) is 27.3 Å². The predicted octanol–water partition coefficient (Wildman–Crippen LogP) is 2.94. The Bertz CT molecular complexity index is 622. The van der Waals surface area contributed by atoms with Crippen LogP contribution in [0.25, 0.3) is 0 Å². The lowest BCUT2D eigenvalue weighted by Crippen LogP contribution is -2.34. The summed E-state index contributed by atoms with van der Waals surface area (Å²) in [7, 11) is -3.61. The number of carboxylic acid groups (broad SMARTS) is 1. The molecule has 1 aromatic rings. The van der Waals surface area contributed by atoms with Gasteiger partial charge in [0.1, 0.15) is 0 Å². The van der Waals surface area contributed by atoms with Crippen LogP contribution in [-0.4, -0.2) is 36.9 Å². The van der Waals surface area contributed by atoms with Crippen molar-refractivity contribution in [1.82, 2.24) is 4.31 Å². The minimum atomic E-state index is -3.61. The largest absolute Gasteiger partial charge is 0.478 e. The zero-order valence-corrected chi connectivity index (χ0v) is 14.6. The second-order valence-electron chi connectivity index (χ2n) is 5.12. The summed E-state index contributed by atoms with van der Waals surface area (Å²) in [6.45, 7) is 1.02. The SMILES string of the molecule is O=C(O)c1cc(S(=O)(=O)N2CCCCCCC2)ccc1I. The van der Waals surface area contributed by atoms with Crippen molar-refractivity contribution >= 4 is 38.6 Å². The fourth-order valence-electron chi connectivity index (χ4n) is 2.44. The number of hydrogen-bond donors (Lipinski definition) is 1. The van der Waals surface area contributed by atoms with Gasteiger partial charge in [0.2, 0.25) is 10.0 Å². The fourth-order valence-corrected chi connectivity index (χ4v) is 4.55. The first kappa shape index (κ1) is 16.7. The highest BCUT2D eigenvalue weighted by molar-refractivity contribution is 14.1. The summed E-state index contributed by atoms with van der Waals surface area (Å²) in [5.41, 5.74) is 0.0312. The van der Waals surface area contributed by atoms with Crippen LogP contribution in [0.5, 0.6) is 0 Å². The molecule has 0 aromatic heterocycles. The molecule has 1 heterocycles. The number of halogens is 1. The highest BCUT2D eigenvalue weighted by Crippen LogP contribution is 2.23. The summed E-state index contributed by atoms with van der Waals surface area (Å²) in [6, 6.07) is 4.29. The molecule has 7 heteroatoms. The summed E-state index contributed by atoms with van der Waals surface area (Å²) in [5.74, 6) is -1.11. The molecule has 0 aliphatic carbocycles. The monoisotopic (exact) mass is 423 g/mol. The lowest BCUT2D eigenvalue weighted by molar-refractivity contribution is 0.0695. The second-order valence-corrected chi connectivity index (χ2v) is 8.22. The van der Waals surface area contributed by atoms with E-state index in [2.05, 4.69) is 0 Å². The molecule has 0 saturated carbocycles. The van der Waals surface area contributed by atoms with E-state index in [1.807, 2.05) is 22.6 Å². The van der Waals surface area contributed by atoms with Crippen molar-refractivity contribution in [2.75, 3.05) is 13.1 Å². The summed E-state index contributed by atoms with van der Waals surface area (Å²) in [6.07, 6.45) is 4.95. The van der Waals surface area contributed by atoms with Gasteiger partial charge in [-0.15, -0.1) is 0 Å². The Morgan fingerprint density at radius 1 is 1.10 bits per heavy atom. The highest BCUT2D eigenvalue weighted by atomic mass is 127. The number of carboxylic acids is 1. The van der Waals surface area contributed by atoms with Gasteiger partial charge < -0.3 is 5.11 Å². The smallest absolute Gasteiger partial charge is 0.336 e. The van der Waals surface area contributed by atoms with Gasteiger partial charge in [-0.1, -0.05) is 19.3 Å². The Morgan fingerprint density at radius 3 is 2.24 bits per heavy atom. The van der Waals surface area contributed by atoms with Crippen molar-refractivity contribution in [2.24, 2.45) is 0 Å². The van der Waals surface area contributed by atoms with E-state index in [-0.39, 0.29) is 10.5 Å². The molecule has 1 aromatic carbocycles. The first-order valence-corrected chi connectivity index (χ1v) is 9.48. The average Bonchev–Trinajstić information content (AvgIpc) is 2.37. The van der Waals surface area contributed by atoms with Crippen LogP contribution in [0.4, 0.5) is 0 Å². The van der Waals surface area contributed by atoms with Crippen molar-refractivity contribution in [2.45, 2.75) is 37.0 Å². The molecular formula is C14H18INO4S. The van der Waals surface area contributed by atoms with Gasteiger partial charge in [-0.05, 0) is 53.6 Å². The maximum absolute atomic E-state index is 12.7. The van der Waals surface area contributed by atoms with Gasteiger partial charge >= 0.3 is 5.97 Å². The number of nitrogens with zero attached hydrogens (tertiary/aromatic N) is 1. The number of hydrogen-bond acceptors (Lipinski definition) is 3. The Morgan fingerprint density at radius 2 is 1.67 bits per heavy atom. The molecule has 1 aliphatic heterocycles. The molecule has 0 spiro atoms. The second kappa shape index (κ2) is 7.06. The lowest BCUT2D eigenvalue weighted by atomic mass is 10.1. The minimum absolute atomic E-state index is 0.0312. The number of benzene rings is 1. The molecule has 0 unspecified atom stereocenters. The van der Waals surface area contributed by atoms with Crippen LogP contribution < -0.4 is 0 Å². The highest BCUT2D eigenvalue weighted by Gasteiger charge is 2.26. The maximum Gasteiger partial charge on any atom is 0.336 e. The molecule has 0 radical (unpaired) electrons. The van der Waals surface area contributed by atoms with E-state index in [1.165, 1.54) is 16.4 Å². The molecular weight excluding hydrogens is 405 g/mol. The number of carbonyl (C=O) groups is 1. The third kappa shape index (κ3) is 3.95. The van der Waals surface area contributed by atoms with Crippen LogP contribution >= 0.6 is 22.6 Å². The van der Waals surface area contributed by atoms with E-state index in [0.717, 1.165) is 32.1 Å². The minimum Gasteiger partial charge on any atom is -0.478 e. The quantitative estimate of drug-likeness (QED) is 0.759. The number of sulfonamides is 1. The summed E-state index contributed by atoms with van der Waals surface area (Å²) in [5, 5.41) is 9.14. The van der Waals surface area contributed by atoms with Crippen LogP contribution in [0.2, 0.25) is 0 Å². The Kier molecular flexibility index (Phi) is 5.61. The van der Waals surface area contributed by atoms with Crippen molar-refractivity contribution in [1.29, 1.82) is 0 Å². The average molecular weight is 423 g/mol. The van der Waals surface area contributed by atoms with E-state index in [9.17, 15) is 13.2 Å². The third-order valence-corrected chi connectivity index (χ3v) is 6.46. The van der Waals surface area contributed by atoms with Crippen LogP contribution in [0.15, 0.2) is 23.1 Å². The summed E-state index contributed by atoms with van der Waals surface area (Å²) in [4.78, 5) is 11.2. The number of aromatic carboxylic acids is 1. The third-order valence-electron chi connectivity index (χ3n) is 3.62. The molecule has 0 atom stereocenters. The number of rotatable bonds is 3. The lowest BCUT2D eigenvalue weighted by Gasteiger charge is -2.24. The van der Waals surface area contributed by atoms with E-state index in [0.29, 0.717) is 16.7 Å². The van der Waals surface area contributed by atoms with E-state index in [4.69, 9.17) is 5.11 Å². The fraction of sp³-hybridized carbons (Fsp3) is 0.500. The van der Waals surface area contributed by atoms with Crippen molar-refractivity contribution in [3.63, 3.8) is 0 Å². The van der Waals surface area contributed by atoms with E-state index >= 15 is 0 Å². The van der Waals surface area contributed by atoms with Crippen molar-refractivity contribution < 1.29 is 18.3 Å². The normalized spacial score (nSPS) is 18.0. The first-order valence-electron chi connectivity index (χ1n) is 6.96. The van der Waals surface area contributed by atoms with Gasteiger partial charge in [-0.25, -0.2) is 13.2 Å². The van der Waals surface area contributed by atoms with Gasteiger partial charge in [0.05, 0.1) is 10.5 Å². The van der Waals surface area contributed by atoms with Gasteiger partial charge in [0, 0.05) is 16.7 Å². The molecule has 1 aliphatic rings. The predicted molar refractivity (Wildman–Crippen MR) is 88.0 cm³/mol. The van der Waals surface area contributed by atoms with E-state index in [1.54, 1.807) is 6.07 Å². The Hall–Kier alpha value is -0.670. The van der Waals surface area contributed by atoms with E-state index < -0.39 is 16.0 Å².